The molecular formula is C13H17N3O2. The van der Waals surface area contributed by atoms with Gasteiger partial charge in [0.05, 0.1) is 5.69 Å². The zero-order chi connectivity index (χ0) is 13.1. The molecule has 0 radical (unpaired) electrons. The van der Waals surface area contributed by atoms with Crippen molar-refractivity contribution in [1.82, 2.24) is 5.32 Å². The Hall–Kier alpha value is -1.88. The van der Waals surface area contributed by atoms with Crippen LogP contribution in [0.3, 0.4) is 0 Å². The summed E-state index contributed by atoms with van der Waals surface area (Å²) in [6, 6.07) is 6.82. The van der Waals surface area contributed by atoms with E-state index in [9.17, 15) is 9.59 Å². The van der Waals surface area contributed by atoms with Gasteiger partial charge in [-0.3, -0.25) is 4.79 Å². The van der Waals surface area contributed by atoms with Gasteiger partial charge in [-0.15, -0.1) is 0 Å². The molecule has 1 aromatic rings. The molecule has 0 bridgehead atoms. The van der Waals surface area contributed by atoms with Crippen LogP contribution in [0.1, 0.15) is 18.9 Å². The second-order valence-corrected chi connectivity index (χ2v) is 4.60. The minimum Gasteiger partial charge on any atom is -0.337 e. The normalized spacial score (nSPS) is 20.6. The third-order valence-corrected chi connectivity index (χ3v) is 2.98. The van der Waals surface area contributed by atoms with Crippen LogP contribution < -0.4 is 16.0 Å². The average molecular weight is 247 g/mol. The van der Waals surface area contributed by atoms with E-state index in [0.717, 1.165) is 5.56 Å². The van der Waals surface area contributed by atoms with E-state index in [4.69, 9.17) is 5.73 Å². The third-order valence-electron chi connectivity index (χ3n) is 2.98. The molecule has 3 N–H and O–H groups in total. The Morgan fingerprint density at radius 1 is 1.44 bits per heavy atom. The Morgan fingerprint density at radius 2 is 2.22 bits per heavy atom. The van der Waals surface area contributed by atoms with E-state index in [1.807, 2.05) is 13.0 Å². The highest BCUT2D eigenvalue weighted by Gasteiger charge is 2.28. The number of carbonyl (C=O) groups excluding carboxylic acids is 2. The number of carbonyl (C=O) groups is 2. The molecule has 1 aliphatic heterocycles. The Labute approximate surface area is 106 Å². The summed E-state index contributed by atoms with van der Waals surface area (Å²) in [5.41, 5.74) is 7.04. The zero-order valence-electron chi connectivity index (χ0n) is 10.3. The molecule has 5 nitrogen and oxygen atoms in total. The van der Waals surface area contributed by atoms with Crippen LogP contribution in [0.25, 0.3) is 0 Å². The van der Waals surface area contributed by atoms with Gasteiger partial charge in [-0.05, 0) is 23.6 Å². The van der Waals surface area contributed by atoms with Crippen LogP contribution >= 0.6 is 0 Å². The molecule has 1 saturated heterocycles. The lowest BCUT2D eigenvalue weighted by molar-refractivity contribution is -0.118. The second-order valence-electron chi connectivity index (χ2n) is 4.60. The van der Waals surface area contributed by atoms with Gasteiger partial charge < -0.3 is 11.1 Å². The fourth-order valence-electron chi connectivity index (χ4n) is 2.00. The number of nitrogens with zero attached hydrogens (tertiary/aromatic N) is 1. The van der Waals surface area contributed by atoms with Gasteiger partial charge in [-0.25, -0.2) is 9.69 Å². The topological polar surface area (TPSA) is 75.4 Å². The van der Waals surface area contributed by atoms with E-state index in [1.165, 1.54) is 4.90 Å². The average Bonchev–Trinajstić information content (AvgIpc) is 2.48. The number of anilines is 1. The van der Waals surface area contributed by atoms with Crippen LogP contribution in [0.2, 0.25) is 0 Å². The van der Waals surface area contributed by atoms with Gasteiger partial charge >= 0.3 is 6.03 Å². The Bertz CT molecular complexity index is 473. The predicted molar refractivity (Wildman–Crippen MR) is 69.0 cm³/mol. The molecule has 1 aromatic carbocycles. The molecule has 3 amide bonds. The van der Waals surface area contributed by atoms with Crippen LogP contribution in [-0.4, -0.2) is 18.5 Å². The fourth-order valence-corrected chi connectivity index (χ4v) is 2.00. The van der Waals surface area contributed by atoms with Gasteiger partial charge in [0.1, 0.15) is 0 Å². The predicted octanol–water partition coefficient (Wildman–Crippen LogP) is 1.23. The molecule has 96 valence electrons. The van der Waals surface area contributed by atoms with Crippen LogP contribution in [0.15, 0.2) is 24.3 Å². The van der Waals surface area contributed by atoms with Crippen molar-refractivity contribution in [3.63, 3.8) is 0 Å². The van der Waals surface area contributed by atoms with Crippen LogP contribution in [0.5, 0.6) is 0 Å². The molecule has 0 aliphatic carbocycles. The summed E-state index contributed by atoms with van der Waals surface area (Å²) in [4.78, 5) is 25.2. The van der Waals surface area contributed by atoms with Crippen molar-refractivity contribution in [2.24, 2.45) is 11.7 Å². The molecule has 18 heavy (non-hydrogen) atoms. The summed E-state index contributed by atoms with van der Waals surface area (Å²) >= 11 is 0. The number of urea groups is 1. The molecule has 1 atom stereocenters. The van der Waals surface area contributed by atoms with Crippen molar-refractivity contribution in [2.45, 2.75) is 19.9 Å². The van der Waals surface area contributed by atoms with Gasteiger partial charge in [0.2, 0.25) is 5.91 Å². The number of rotatable bonds is 2. The van der Waals surface area contributed by atoms with E-state index in [-0.39, 0.29) is 17.9 Å². The first kappa shape index (κ1) is 12.6. The first-order valence-electron chi connectivity index (χ1n) is 6.01. The number of benzene rings is 1. The van der Waals surface area contributed by atoms with Gasteiger partial charge in [0.15, 0.2) is 0 Å². The summed E-state index contributed by atoms with van der Waals surface area (Å²) in [7, 11) is 0. The van der Waals surface area contributed by atoms with Crippen molar-refractivity contribution in [2.75, 3.05) is 11.4 Å². The molecule has 1 fully saturated rings. The number of hydrogen-bond acceptors (Lipinski definition) is 3. The first-order chi connectivity index (χ1) is 8.61. The molecule has 1 unspecified atom stereocenters. The lowest BCUT2D eigenvalue weighted by Gasteiger charge is -2.19. The van der Waals surface area contributed by atoms with E-state index in [0.29, 0.717) is 25.2 Å². The minimum absolute atomic E-state index is 0.157. The molecule has 0 saturated carbocycles. The van der Waals surface area contributed by atoms with E-state index in [2.05, 4.69) is 5.32 Å². The van der Waals surface area contributed by atoms with Crippen LogP contribution in [0, 0.1) is 5.92 Å². The van der Waals surface area contributed by atoms with Gasteiger partial charge in [0.25, 0.3) is 0 Å². The lowest BCUT2D eigenvalue weighted by Crippen LogP contribution is -2.41. The minimum atomic E-state index is -0.362. The van der Waals surface area contributed by atoms with Crippen molar-refractivity contribution in [1.29, 1.82) is 0 Å². The number of amides is 3. The first-order valence-corrected chi connectivity index (χ1v) is 6.01. The molecule has 0 aromatic heterocycles. The summed E-state index contributed by atoms with van der Waals surface area (Å²) in [6.07, 6.45) is 0.367. The number of nitrogens with two attached hydrogens (primary N) is 1. The van der Waals surface area contributed by atoms with E-state index in [1.54, 1.807) is 18.2 Å². The quantitative estimate of drug-likeness (QED) is 0.825. The maximum atomic E-state index is 12.1. The van der Waals surface area contributed by atoms with Crippen LogP contribution in [-0.2, 0) is 11.3 Å². The number of hydrogen-bond donors (Lipinski definition) is 2. The summed E-state index contributed by atoms with van der Waals surface area (Å²) in [6.45, 7) is 2.85. The molecule has 5 heteroatoms. The van der Waals surface area contributed by atoms with Gasteiger partial charge in [0, 0.05) is 19.5 Å². The molecular weight excluding hydrogens is 230 g/mol. The second kappa shape index (κ2) is 5.18. The molecule has 1 aliphatic rings. The maximum Gasteiger partial charge on any atom is 0.328 e. The summed E-state index contributed by atoms with van der Waals surface area (Å²) in [5.74, 6) is -0.0178. The summed E-state index contributed by atoms with van der Waals surface area (Å²) in [5, 5.41) is 2.75. The highest BCUT2D eigenvalue weighted by atomic mass is 16.2. The SMILES string of the molecule is CC1CNC(=O)N(c2cccc(CN)c2)C(=O)C1. The molecule has 0 spiro atoms. The largest absolute Gasteiger partial charge is 0.337 e. The van der Waals surface area contributed by atoms with Crippen molar-refractivity contribution in [3.05, 3.63) is 29.8 Å². The van der Waals surface area contributed by atoms with Crippen molar-refractivity contribution < 1.29 is 9.59 Å². The smallest absolute Gasteiger partial charge is 0.328 e. The Morgan fingerprint density at radius 3 is 2.94 bits per heavy atom. The zero-order valence-corrected chi connectivity index (χ0v) is 10.3. The Kier molecular flexibility index (Phi) is 3.62. The Balaban J connectivity index is 2.33. The standard InChI is InChI=1S/C13H17N3O2/c1-9-5-12(17)16(13(18)15-8-9)11-4-2-3-10(6-11)7-14/h2-4,6,9H,5,7-8,14H2,1H3,(H,15,18). The highest BCUT2D eigenvalue weighted by molar-refractivity contribution is 6.14. The van der Waals surface area contributed by atoms with Crippen molar-refractivity contribution >= 4 is 17.6 Å². The molecule has 2 rings (SSSR count). The monoisotopic (exact) mass is 247 g/mol. The van der Waals surface area contributed by atoms with Gasteiger partial charge in [-0.1, -0.05) is 19.1 Å². The lowest BCUT2D eigenvalue weighted by atomic mass is 10.1. The number of imide groups is 1. The highest BCUT2D eigenvalue weighted by Crippen LogP contribution is 2.20. The van der Waals surface area contributed by atoms with Crippen LogP contribution in [0.4, 0.5) is 10.5 Å². The summed E-state index contributed by atoms with van der Waals surface area (Å²) < 4.78 is 0. The van der Waals surface area contributed by atoms with E-state index >= 15 is 0 Å². The van der Waals surface area contributed by atoms with Crippen molar-refractivity contribution in [3.8, 4) is 0 Å². The maximum absolute atomic E-state index is 12.1. The third kappa shape index (κ3) is 2.51. The van der Waals surface area contributed by atoms with E-state index < -0.39 is 0 Å². The molecule has 1 heterocycles. The van der Waals surface area contributed by atoms with Gasteiger partial charge in [-0.2, -0.15) is 0 Å². The fraction of sp³-hybridized carbons (Fsp3) is 0.385. The number of nitrogens with one attached hydrogen (secondary N) is 1.